The smallest absolute Gasteiger partial charge is 0.293 e. The SMILES string of the molecule is Cc1ccc(NS(=O)(=O)c2ccc(N[C@@H](CO)Cc3ccccc3)c([N+](=O)[O-])c2)c(C)c1. The van der Waals surface area contributed by atoms with Crippen molar-refractivity contribution in [2.24, 2.45) is 0 Å². The molecule has 0 heterocycles. The molecule has 0 aliphatic rings. The van der Waals surface area contributed by atoms with E-state index in [1.165, 1.54) is 12.1 Å². The summed E-state index contributed by atoms with van der Waals surface area (Å²) in [6.45, 7) is 3.43. The molecule has 0 saturated heterocycles. The van der Waals surface area contributed by atoms with Crippen LogP contribution in [0.3, 0.4) is 0 Å². The van der Waals surface area contributed by atoms with Gasteiger partial charge in [0, 0.05) is 6.07 Å². The highest BCUT2D eigenvalue weighted by atomic mass is 32.2. The summed E-state index contributed by atoms with van der Waals surface area (Å²) in [7, 11) is -4.04. The molecule has 0 aromatic heterocycles. The number of benzene rings is 3. The molecule has 1 atom stereocenters. The molecule has 0 saturated carbocycles. The normalized spacial score (nSPS) is 12.2. The van der Waals surface area contributed by atoms with Gasteiger partial charge in [0.2, 0.25) is 0 Å². The van der Waals surface area contributed by atoms with Gasteiger partial charge >= 0.3 is 0 Å². The Bertz CT molecular complexity index is 1210. The molecule has 168 valence electrons. The zero-order valence-corrected chi connectivity index (χ0v) is 18.6. The monoisotopic (exact) mass is 455 g/mol. The van der Waals surface area contributed by atoms with Gasteiger partial charge in [0.15, 0.2) is 0 Å². The van der Waals surface area contributed by atoms with Gasteiger partial charge in [-0.2, -0.15) is 0 Å². The molecule has 0 amide bonds. The topological polar surface area (TPSA) is 122 Å². The third-order valence-electron chi connectivity index (χ3n) is 5.01. The maximum Gasteiger partial charge on any atom is 0.293 e. The van der Waals surface area contributed by atoms with Crippen LogP contribution >= 0.6 is 0 Å². The Hall–Kier alpha value is -3.43. The predicted molar refractivity (Wildman–Crippen MR) is 124 cm³/mol. The van der Waals surface area contributed by atoms with Crippen LogP contribution in [-0.2, 0) is 16.4 Å². The van der Waals surface area contributed by atoms with Crippen molar-refractivity contribution in [1.82, 2.24) is 0 Å². The van der Waals surface area contributed by atoms with Crippen LogP contribution in [0.25, 0.3) is 0 Å². The molecule has 0 fully saturated rings. The maximum absolute atomic E-state index is 12.9. The first-order valence-corrected chi connectivity index (χ1v) is 11.5. The number of aliphatic hydroxyl groups is 1. The van der Waals surface area contributed by atoms with Crippen LogP contribution in [0, 0.1) is 24.0 Å². The van der Waals surface area contributed by atoms with Crippen LogP contribution in [0.15, 0.2) is 71.6 Å². The highest BCUT2D eigenvalue weighted by Gasteiger charge is 2.23. The van der Waals surface area contributed by atoms with Gasteiger partial charge in [-0.15, -0.1) is 0 Å². The predicted octanol–water partition coefficient (Wildman–Crippen LogP) is 4.03. The van der Waals surface area contributed by atoms with E-state index in [2.05, 4.69) is 10.0 Å². The number of nitro groups is 1. The number of hydrogen-bond acceptors (Lipinski definition) is 6. The lowest BCUT2D eigenvalue weighted by atomic mass is 10.1. The molecular formula is C23H25N3O5S. The summed E-state index contributed by atoms with van der Waals surface area (Å²) in [4.78, 5) is 10.8. The van der Waals surface area contributed by atoms with Gasteiger partial charge in [0.25, 0.3) is 15.7 Å². The van der Waals surface area contributed by atoms with Gasteiger partial charge in [-0.05, 0) is 49.6 Å². The van der Waals surface area contributed by atoms with Crippen molar-refractivity contribution in [3.8, 4) is 0 Å². The zero-order valence-electron chi connectivity index (χ0n) is 17.8. The molecule has 0 radical (unpaired) electrons. The van der Waals surface area contributed by atoms with Crippen molar-refractivity contribution in [1.29, 1.82) is 0 Å². The van der Waals surface area contributed by atoms with E-state index in [0.29, 0.717) is 12.1 Å². The molecule has 0 unspecified atom stereocenters. The quantitative estimate of drug-likeness (QED) is 0.331. The van der Waals surface area contributed by atoms with Crippen molar-refractivity contribution in [2.75, 3.05) is 16.6 Å². The number of rotatable bonds is 9. The van der Waals surface area contributed by atoms with E-state index in [0.717, 1.165) is 22.8 Å². The number of aliphatic hydroxyl groups excluding tert-OH is 1. The Morgan fingerprint density at radius 1 is 1.00 bits per heavy atom. The number of anilines is 2. The van der Waals surface area contributed by atoms with Gasteiger partial charge in [-0.1, -0.05) is 48.0 Å². The molecule has 9 heteroatoms. The van der Waals surface area contributed by atoms with Crippen LogP contribution in [0.1, 0.15) is 16.7 Å². The van der Waals surface area contributed by atoms with Gasteiger partial charge in [0.05, 0.1) is 28.2 Å². The van der Waals surface area contributed by atoms with E-state index in [1.807, 2.05) is 43.3 Å². The van der Waals surface area contributed by atoms with Crippen molar-refractivity contribution < 1.29 is 18.4 Å². The Labute approximate surface area is 187 Å². The van der Waals surface area contributed by atoms with Crippen LogP contribution < -0.4 is 10.0 Å². The number of aryl methyl sites for hydroxylation is 2. The molecule has 8 nitrogen and oxygen atoms in total. The van der Waals surface area contributed by atoms with E-state index < -0.39 is 21.0 Å². The van der Waals surface area contributed by atoms with Crippen molar-refractivity contribution in [3.05, 3.63) is 93.5 Å². The molecule has 0 aliphatic carbocycles. The van der Waals surface area contributed by atoms with Crippen LogP contribution in [0.5, 0.6) is 0 Å². The van der Waals surface area contributed by atoms with E-state index in [1.54, 1.807) is 19.1 Å². The van der Waals surface area contributed by atoms with Crippen LogP contribution in [-0.4, -0.2) is 31.1 Å². The average molecular weight is 456 g/mol. The number of nitrogens with one attached hydrogen (secondary N) is 2. The fourth-order valence-corrected chi connectivity index (χ4v) is 4.51. The summed E-state index contributed by atoms with van der Waals surface area (Å²) in [6.07, 6.45) is 0.447. The average Bonchev–Trinajstić information content (AvgIpc) is 2.76. The second kappa shape index (κ2) is 9.80. The number of nitro benzene ring substituents is 1. The summed E-state index contributed by atoms with van der Waals surface area (Å²) in [5, 5.41) is 24.4. The minimum absolute atomic E-state index is 0.135. The Morgan fingerprint density at radius 3 is 2.31 bits per heavy atom. The van der Waals surface area contributed by atoms with Crippen molar-refractivity contribution >= 4 is 27.1 Å². The van der Waals surface area contributed by atoms with E-state index in [4.69, 9.17) is 0 Å². The van der Waals surface area contributed by atoms with E-state index >= 15 is 0 Å². The second-order valence-corrected chi connectivity index (χ2v) is 9.26. The highest BCUT2D eigenvalue weighted by Crippen LogP contribution is 2.30. The first kappa shape index (κ1) is 23.2. The van der Waals surface area contributed by atoms with Gasteiger partial charge < -0.3 is 10.4 Å². The van der Waals surface area contributed by atoms with Crippen LogP contribution in [0.4, 0.5) is 17.1 Å². The molecular weight excluding hydrogens is 430 g/mol. The molecule has 0 aliphatic heterocycles. The highest BCUT2D eigenvalue weighted by molar-refractivity contribution is 7.92. The minimum atomic E-state index is -4.04. The summed E-state index contributed by atoms with van der Waals surface area (Å²) in [5.41, 5.74) is 2.84. The minimum Gasteiger partial charge on any atom is -0.394 e. The lowest BCUT2D eigenvalue weighted by Crippen LogP contribution is -2.26. The number of nitrogens with zero attached hydrogens (tertiary/aromatic N) is 1. The summed E-state index contributed by atoms with van der Waals surface area (Å²) in [6, 6.07) is 17.9. The summed E-state index contributed by atoms with van der Waals surface area (Å²) >= 11 is 0. The molecule has 32 heavy (non-hydrogen) atoms. The third kappa shape index (κ3) is 5.63. The largest absolute Gasteiger partial charge is 0.394 e. The fraction of sp³-hybridized carbons (Fsp3) is 0.217. The molecule has 3 aromatic rings. The standard InChI is InChI=1S/C23H25N3O5S/c1-16-8-10-21(17(2)12-16)25-32(30,31)20-9-11-22(23(14-20)26(28)29)24-19(15-27)13-18-6-4-3-5-7-18/h3-12,14,19,24-25,27H,13,15H2,1-2H3/t19-/m1/s1. The Kier molecular flexibility index (Phi) is 7.12. The van der Waals surface area contributed by atoms with E-state index in [9.17, 15) is 23.6 Å². The number of hydrogen-bond donors (Lipinski definition) is 3. The zero-order chi connectivity index (χ0) is 23.3. The van der Waals surface area contributed by atoms with Crippen LogP contribution in [0.2, 0.25) is 0 Å². The first-order chi connectivity index (χ1) is 15.2. The number of sulfonamides is 1. The molecule has 0 spiro atoms. The lowest BCUT2D eigenvalue weighted by Gasteiger charge is -2.18. The first-order valence-electron chi connectivity index (χ1n) is 9.99. The van der Waals surface area contributed by atoms with E-state index in [-0.39, 0.29) is 22.9 Å². The lowest BCUT2D eigenvalue weighted by molar-refractivity contribution is -0.384. The third-order valence-corrected chi connectivity index (χ3v) is 6.37. The van der Waals surface area contributed by atoms with Crippen molar-refractivity contribution in [3.63, 3.8) is 0 Å². The molecule has 0 bridgehead atoms. The van der Waals surface area contributed by atoms with Gasteiger partial charge in [0.1, 0.15) is 5.69 Å². The Morgan fingerprint density at radius 2 is 1.69 bits per heavy atom. The van der Waals surface area contributed by atoms with Crippen molar-refractivity contribution in [2.45, 2.75) is 31.2 Å². The maximum atomic E-state index is 12.9. The summed E-state index contributed by atoms with van der Waals surface area (Å²) in [5.74, 6) is 0. The second-order valence-electron chi connectivity index (χ2n) is 7.57. The van der Waals surface area contributed by atoms with Gasteiger partial charge in [-0.25, -0.2) is 8.42 Å². The Balaban J connectivity index is 1.87. The fourth-order valence-electron chi connectivity index (χ4n) is 3.36. The summed E-state index contributed by atoms with van der Waals surface area (Å²) < 4.78 is 28.2. The van der Waals surface area contributed by atoms with Gasteiger partial charge in [-0.3, -0.25) is 14.8 Å². The molecule has 3 N–H and O–H groups in total. The molecule has 3 rings (SSSR count). The molecule has 3 aromatic carbocycles.